The van der Waals surface area contributed by atoms with E-state index < -0.39 is 12.8 Å². The molecule has 1 N–H and O–H groups in total. The van der Waals surface area contributed by atoms with Crippen LogP contribution in [0.3, 0.4) is 0 Å². The van der Waals surface area contributed by atoms with Crippen LogP contribution in [0.1, 0.15) is 40.0 Å². The van der Waals surface area contributed by atoms with Gasteiger partial charge in [0.1, 0.15) is 6.61 Å². The Bertz CT molecular complexity index is 183. The first-order valence-corrected chi connectivity index (χ1v) is 6.19. The van der Waals surface area contributed by atoms with Crippen molar-refractivity contribution in [2.24, 2.45) is 5.92 Å². The van der Waals surface area contributed by atoms with Crippen molar-refractivity contribution in [3.05, 3.63) is 0 Å². The van der Waals surface area contributed by atoms with Crippen molar-refractivity contribution in [3.63, 3.8) is 0 Å². The number of nitrogens with one attached hydrogen (secondary N) is 1. The summed E-state index contributed by atoms with van der Waals surface area (Å²) >= 11 is 0. The minimum atomic E-state index is -4.21. The van der Waals surface area contributed by atoms with Gasteiger partial charge in [0, 0.05) is 12.6 Å². The first-order chi connectivity index (χ1) is 7.81. The number of alkyl halides is 3. The average molecular weight is 255 g/mol. The van der Waals surface area contributed by atoms with E-state index >= 15 is 0 Å². The summed E-state index contributed by atoms with van der Waals surface area (Å²) in [5, 5.41) is 3.27. The summed E-state index contributed by atoms with van der Waals surface area (Å²) in [5.41, 5.74) is 0. The van der Waals surface area contributed by atoms with E-state index in [0.717, 1.165) is 6.42 Å². The topological polar surface area (TPSA) is 21.3 Å². The van der Waals surface area contributed by atoms with Gasteiger partial charge in [0.25, 0.3) is 0 Å². The highest BCUT2D eigenvalue weighted by Crippen LogP contribution is 2.14. The van der Waals surface area contributed by atoms with Crippen molar-refractivity contribution in [1.29, 1.82) is 0 Å². The van der Waals surface area contributed by atoms with Gasteiger partial charge in [-0.1, -0.05) is 13.8 Å². The van der Waals surface area contributed by atoms with Crippen molar-refractivity contribution in [2.45, 2.75) is 52.3 Å². The van der Waals surface area contributed by atoms with Gasteiger partial charge in [-0.05, 0) is 38.6 Å². The van der Waals surface area contributed by atoms with E-state index in [4.69, 9.17) is 0 Å². The fraction of sp³-hybridized carbons (Fsp3) is 1.00. The molecule has 2 nitrogen and oxygen atoms in total. The largest absolute Gasteiger partial charge is 0.411 e. The average Bonchev–Trinajstić information content (AvgIpc) is 2.18. The summed E-state index contributed by atoms with van der Waals surface area (Å²) in [6.07, 6.45) is -1.33. The maximum atomic E-state index is 11.7. The third-order valence-corrected chi connectivity index (χ3v) is 2.40. The Morgan fingerprint density at radius 3 is 2.29 bits per heavy atom. The molecule has 0 fully saturated rings. The van der Waals surface area contributed by atoms with Gasteiger partial charge >= 0.3 is 6.18 Å². The maximum Gasteiger partial charge on any atom is 0.411 e. The highest BCUT2D eigenvalue weighted by Gasteiger charge is 2.27. The summed E-state index contributed by atoms with van der Waals surface area (Å²) < 4.78 is 39.7. The fourth-order valence-corrected chi connectivity index (χ4v) is 1.40. The second-order valence-corrected chi connectivity index (χ2v) is 4.85. The molecule has 1 atom stereocenters. The van der Waals surface area contributed by atoms with Gasteiger partial charge in [-0.3, -0.25) is 0 Å². The molecule has 0 radical (unpaired) electrons. The van der Waals surface area contributed by atoms with E-state index in [1.165, 1.54) is 6.42 Å². The Hall–Kier alpha value is -0.290. The van der Waals surface area contributed by atoms with E-state index in [2.05, 4.69) is 30.8 Å². The molecule has 0 aromatic heterocycles. The number of halogens is 3. The smallest absolute Gasteiger partial charge is 0.372 e. The van der Waals surface area contributed by atoms with Gasteiger partial charge in [0.15, 0.2) is 0 Å². The molecule has 0 rings (SSSR count). The Balaban J connectivity index is 3.28. The van der Waals surface area contributed by atoms with Crippen LogP contribution in [0.2, 0.25) is 0 Å². The summed E-state index contributed by atoms with van der Waals surface area (Å²) in [6, 6.07) is 0.417. The molecule has 0 aliphatic heterocycles. The Morgan fingerprint density at radius 1 is 1.12 bits per heavy atom. The molecule has 0 saturated carbocycles. The lowest BCUT2D eigenvalue weighted by molar-refractivity contribution is -0.173. The van der Waals surface area contributed by atoms with Gasteiger partial charge in [-0.2, -0.15) is 13.2 Å². The predicted molar refractivity (Wildman–Crippen MR) is 63.0 cm³/mol. The zero-order valence-electron chi connectivity index (χ0n) is 10.9. The fourth-order valence-electron chi connectivity index (χ4n) is 1.40. The first kappa shape index (κ1) is 16.7. The van der Waals surface area contributed by atoms with Crippen LogP contribution in [0.15, 0.2) is 0 Å². The van der Waals surface area contributed by atoms with Crippen LogP contribution in [0.25, 0.3) is 0 Å². The molecule has 104 valence electrons. The summed E-state index contributed by atoms with van der Waals surface area (Å²) in [6.45, 7) is 6.17. The molecule has 0 amide bonds. The second-order valence-electron chi connectivity index (χ2n) is 4.85. The summed E-state index contributed by atoms with van der Waals surface area (Å²) in [5.74, 6) is 0.689. The highest BCUT2D eigenvalue weighted by atomic mass is 19.4. The maximum absolute atomic E-state index is 11.7. The van der Waals surface area contributed by atoms with Crippen molar-refractivity contribution < 1.29 is 17.9 Å². The lowest BCUT2D eigenvalue weighted by atomic mass is 10.0. The third kappa shape index (κ3) is 13.6. The van der Waals surface area contributed by atoms with Crippen LogP contribution in [-0.2, 0) is 4.74 Å². The number of hydrogen-bond acceptors (Lipinski definition) is 2. The van der Waals surface area contributed by atoms with E-state index in [-0.39, 0.29) is 6.61 Å². The van der Waals surface area contributed by atoms with Gasteiger partial charge in [-0.15, -0.1) is 0 Å². The molecule has 0 aliphatic rings. The lowest BCUT2D eigenvalue weighted by Crippen LogP contribution is -2.28. The molecule has 0 aromatic carbocycles. The number of hydrogen-bond donors (Lipinski definition) is 1. The third-order valence-electron chi connectivity index (χ3n) is 2.40. The van der Waals surface area contributed by atoms with Crippen LogP contribution in [0.4, 0.5) is 13.2 Å². The number of rotatable bonds is 9. The van der Waals surface area contributed by atoms with Crippen LogP contribution >= 0.6 is 0 Å². The molecule has 0 saturated heterocycles. The summed E-state index contributed by atoms with van der Waals surface area (Å²) in [4.78, 5) is 0. The molecule has 0 heterocycles. The molecular weight excluding hydrogens is 231 g/mol. The first-order valence-electron chi connectivity index (χ1n) is 6.19. The molecule has 0 aromatic rings. The highest BCUT2D eigenvalue weighted by molar-refractivity contribution is 4.61. The molecular formula is C12H24F3NO. The van der Waals surface area contributed by atoms with E-state index in [1.54, 1.807) is 0 Å². The lowest BCUT2D eigenvalue weighted by Gasteiger charge is -2.15. The molecule has 0 aliphatic carbocycles. The van der Waals surface area contributed by atoms with Gasteiger partial charge < -0.3 is 10.1 Å². The normalized spacial score (nSPS) is 14.3. The standard InChI is InChI=1S/C12H24F3NO/c1-10(2)5-6-11(3)16-7-4-8-17-9-12(13,14)15/h10-11,16H,4-9H2,1-3H3. The SMILES string of the molecule is CC(C)CCC(C)NCCCOCC(F)(F)F. The second kappa shape index (κ2) is 8.75. The predicted octanol–water partition coefficient (Wildman–Crippen LogP) is 3.37. The van der Waals surface area contributed by atoms with E-state index in [9.17, 15) is 13.2 Å². The van der Waals surface area contributed by atoms with Gasteiger partial charge in [0.05, 0.1) is 0 Å². The minimum Gasteiger partial charge on any atom is -0.372 e. The van der Waals surface area contributed by atoms with Gasteiger partial charge in [-0.25, -0.2) is 0 Å². The number of ether oxygens (including phenoxy) is 1. The minimum absolute atomic E-state index is 0.156. The van der Waals surface area contributed by atoms with E-state index in [1.807, 2.05) is 0 Å². The van der Waals surface area contributed by atoms with Crippen LogP contribution in [-0.4, -0.2) is 32.0 Å². The van der Waals surface area contributed by atoms with Crippen molar-refractivity contribution in [2.75, 3.05) is 19.8 Å². The van der Waals surface area contributed by atoms with Crippen molar-refractivity contribution in [3.8, 4) is 0 Å². The molecule has 5 heteroatoms. The van der Waals surface area contributed by atoms with E-state index in [0.29, 0.717) is 24.9 Å². The molecule has 17 heavy (non-hydrogen) atoms. The quantitative estimate of drug-likeness (QED) is 0.638. The monoisotopic (exact) mass is 255 g/mol. The Morgan fingerprint density at radius 2 is 1.76 bits per heavy atom. The molecule has 0 bridgehead atoms. The Kier molecular flexibility index (Phi) is 8.60. The van der Waals surface area contributed by atoms with Crippen molar-refractivity contribution in [1.82, 2.24) is 5.32 Å². The zero-order valence-corrected chi connectivity index (χ0v) is 10.9. The molecule has 1 unspecified atom stereocenters. The van der Waals surface area contributed by atoms with Crippen molar-refractivity contribution >= 4 is 0 Å². The van der Waals surface area contributed by atoms with Gasteiger partial charge in [0.2, 0.25) is 0 Å². The van der Waals surface area contributed by atoms with Crippen LogP contribution < -0.4 is 5.32 Å². The zero-order chi connectivity index (χ0) is 13.3. The molecule has 0 spiro atoms. The van der Waals surface area contributed by atoms with Crippen LogP contribution in [0.5, 0.6) is 0 Å². The summed E-state index contributed by atoms with van der Waals surface area (Å²) in [7, 11) is 0. The Labute approximate surface area is 102 Å². The van der Waals surface area contributed by atoms with Crippen LogP contribution in [0, 0.1) is 5.92 Å².